The number of benzene rings is 2. The molecule has 2 aromatic carbocycles. The second-order valence-electron chi connectivity index (χ2n) is 6.87. The topological polar surface area (TPSA) is 90.5 Å². The molecule has 0 aliphatic carbocycles. The molecule has 0 unspecified atom stereocenters. The van der Waals surface area contributed by atoms with E-state index in [9.17, 15) is 9.59 Å². The molecular formula is C22H28BrN3O3. The van der Waals surface area contributed by atoms with E-state index < -0.39 is 0 Å². The lowest BCUT2D eigenvalue weighted by Gasteiger charge is -2.19. The number of hydrogen-bond donors (Lipinski definition) is 4. The van der Waals surface area contributed by atoms with Crippen LogP contribution in [0.25, 0.3) is 0 Å². The molecule has 2 aromatic rings. The molecule has 0 spiro atoms. The molecule has 0 aliphatic heterocycles. The van der Waals surface area contributed by atoms with Crippen LogP contribution in [0.4, 0.5) is 5.69 Å². The minimum absolute atomic E-state index is 0.0555. The van der Waals surface area contributed by atoms with Gasteiger partial charge < -0.3 is 10.6 Å². The fourth-order valence-electron chi connectivity index (χ4n) is 2.99. The number of halogens is 1. The van der Waals surface area contributed by atoms with Crippen molar-refractivity contribution < 1.29 is 14.8 Å². The first-order valence-electron chi connectivity index (χ1n) is 9.85. The van der Waals surface area contributed by atoms with Crippen LogP contribution in [0.2, 0.25) is 0 Å². The molecule has 0 fully saturated rings. The maximum absolute atomic E-state index is 12.7. The quantitative estimate of drug-likeness (QED) is 0.218. The minimum atomic E-state index is -0.379. The predicted octanol–water partition coefficient (Wildman–Crippen LogP) is 4.04. The van der Waals surface area contributed by atoms with Crippen LogP contribution in [-0.2, 0) is 16.0 Å². The zero-order chi connectivity index (χ0) is 20.9. The number of nitrogens with one attached hydrogen (secondary N) is 3. The van der Waals surface area contributed by atoms with Crippen LogP contribution in [0.3, 0.4) is 0 Å². The molecule has 0 saturated carbocycles. The number of amides is 2. The largest absolute Gasteiger partial charge is 0.325 e. The summed E-state index contributed by atoms with van der Waals surface area (Å²) in [5.74, 6) is -0.434. The zero-order valence-corrected chi connectivity index (χ0v) is 18.0. The number of para-hydroxylation sites is 1. The molecule has 6 nitrogen and oxygen atoms in total. The van der Waals surface area contributed by atoms with Gasteiger partial charge in [0.25, 0.3) is 0 Å². The van der Waals surface area contributed by atoms with Gasteiger partial charge in [0.05, 0.1) is 6.04 Å². The summed E-state index contributed by atoms with van der Waals surface area (Å²) in [5, 5.41) is 14.9. The van der Waals surface area contributed by atoms with Crippen molar-refractivity contribution in [2.75, 3.05) is 11.9 Å². The fourth-order valence-corrected chi connectivity index (χ4v) is 3.25. The number of hydroxylamine groups is 1. The summed E-state index contributed by atoms with van der Waals surface area (Å²) in [4.78, 5) is 23.8. The molecule has 7 heteroatoms. The summed E-state index contributed by atoms with van der Waals surface area (Å²) in [7, 11) is 0. The highest BCUT2D eigenvalue weighted by Crippen LogP contribution is 2.12. The van der Waals surface area contributed by atoms with E-state index in [1.807, 2.05) is 42.5 Å². The summed E-state index contributed by atoms with van der Waals surface area (Å²) in [6.45, 7) is 0.696. The molecule has 0 saturated heterocycles. The third kappa shape index (κ3) is 9.21. The van der Waals surface area contributed by atoms with Crippen molar-refractivity contribution in [1.82, 2.24) is 10.8 Å². The van der Waals surface area contributed by atoms with E-state index in [1.165, 1.54) is 5.56 Å². The summed E-state index contributed by atoms with van der Waals surface area (Å²) in [5.41, 5.74) is 3.62. The van der Waals surface area contributed by atoms with Crippen molar-refractivity contribution in [3.63, 3.8) is 0 Å². The van der Waals surface area contributed by atoms with E-state index in [0.717, 1.165) is 29.4 Å². The number of carbonyl (C=O) groups is 2. The lowest BCUT2D eigenvalue weighted by Crippen LogP contribution is -2.41. The lowest BCUT2D eigenvalue weighted by atomic mass is 10.1. The van der Waals surface area contributed by atoms with Crippen molar-refractivity contribution >= 4 is 33.4 Å². The van der Waals surface area contributed by atoms with Crippen molar-refractivity contribution in [3.05, 3.63) is 64.6 Å². The third-order valence-electron chi connectivity index (χ3n) is 4.60. The number of rotatable bonds is 12. The van der Waals surface area contributed by atoms with Crippen LogP contribution in [0.15, 0.2) is 59.1 Å². The van der Waals surface area contributed by atoms with Crippen LogP contribution in [0, 0.1) is 0 Å². The van der Waals surface area contributed by atoms with Gasteiger partial charge in [-0.3, -0.25) is 14.8 Å². The Morgan fingerprint density at radius 1 is 0.966 bits per heavy atom. The van der Waals surface area contributed by atoms with Gasteiger partial charge in [-0.25, -0.2) is 5.48 Å². The third-order valence-corrected chi connectivity index (χ3v) is 5.13. The highest BCUT2D eigenvalue weighted by atomic mass is 79.9. The molecule has 0 bridgehead atoms. The molecule has 1 atom stereocenters. The molecule has 2 amide bonds. The van der Waals surface area contributed by atoms with Crippen LogP contribution in [0.1, 0.15) is 37.7 Å². The standard InChI is InChI=1S/C22H28BrN3O3/c23-18-13-11-17(12-14-18)15-16-24-20(9-5-2-6-10-21(27)26-29)22(28)25-19-7-3-1-4-8-19/h1,3-4,7-8,11-14,20,24,29H,2,5-6,9-10,15-16H2,(H,25,28)(H,26,27)/t20-/m0/s1. The molecule has 0 aromatic heterocycles. The van der Waals surface area contributed by atoms with Gasteiger partial charge in [0.1, 0.15) is 0 Å². The van der Waals surface area contributed by atoms with E-state index >= 15 is 0 Å². The van der Waals surface area contributed by atoms with Crippen molar-refractivity contribution in [2.45, 2.75) is 44.6 Å². The van der Waals surface area contributed by atoms with Gasteiger partial charge in [-0.15, -0.1) is 0 Å². The first-order chi connectivity index (χ1) is 14.1. The van der Waals surface area contributed by atoms with E-state index in [1.54, 1.807) is 5.48 Å². The Bertz CT molecular complexity index is 754. The van der Waals surface area contributed by atoms with E-state index in [2.05, 4.69) is 38.7 Å². The number of unbranched alkanes of at least 4 members (excludes halogenated alkanes) is 2. The lowest BCUT2D eigenvalue weighted by molar-refractivity contribution is -0.129. The monoisotopic (exact) mass is 461 g/mol. The summed E-state index contributed by atoms with van der Waals surface area (Å²) < 4.78 is 1.05. The molecular weight excluding hydrogens is 434 g/mol. The van der Waals surface area contributed by atoms with Crippen molar-refractivity contribution in [3.8, 4) is 0 Å². The second kappa shape index (κ2) is 13.1. The average Bonchev–Trinajstić information content (AvgIpc) is 2.74. The van der Waals surface area contributed by atoms with Gasteiger partial charge in [-0.2, -0.15) is 0 Å². The Morgan fingerprint density at radius 2 is 1.69 bits per heavy atom. The smallest absolute Gasteiger partial charge is 0.243 e. The van der Waals surface area contributed by atoms with Crippen molar-refractivity contribution in [2.24, 2.45) is 0 Å². The average molecular weight is 462 g/mol. The van der Waals surface area contributed by atoms with Gasteiger partial charge in [-0.05, 0) is 55.6 Å². The Labute approximate surface area is 180 Å². The number of carbonyl (C=O) groups excluding carboxylic acids is 2. The molecule has 2 rings (SSSR count). The van der Waals surface area contributed by atoms with Gasteiger partial charge in [-0.1, -0.05) is 59.1 Å². The summed E-state index contributed by atoms with van der Waals surface area (Å²) in [6, 6.07) is 17.3. The predicted molar refractivity (Wildman–Crippen MR) is 118 cm³/mol. The number of hydrogen-bond acceptors (Lipinski definition) is 4. The van der Waals surface area contributed by atoms with Crippen molar-refractivity contribution in [1.29, 1.82) is 0 Å². The Hall–Kier alpha value is -2.22. The molecule has 29 heavy (non-hydrogen) atoms. The van der Waals surface area contributed by atoms with Gasteiger partial charge in [0.2, 0.25) is 11.8 Å². The van der Waals surface area contributed by atoms with Crippen LogP contribution in [0.5, 0.6) is 0 Å². The van der Waals surface area contributed by atoms with Gasteiger partial charge >= 0.3 is 0 Å². The van der Waals surface area contributed by atoms with Crippen LogP contribution >= 0.6 is 15.9 Å². The second-order valence-corrected chi connectivity index (χ2v) is 7.79. The van der Waals surface area contributed by atoms with E-state index in [-0.39, 0.29) is 24.3 Å². The Morgan fingerprint density at radius 3 is 2.38 bits per heavy atom. The normalized spacial score (nSPS) is 11.7. The fraction of sp³-hybridized carbons (Fsp3) is 0.364. The van der Waals surface area contributed by atoms with Crippen LogP contribution in [-0.4, -0.2) is 29.6 Å². The maximum atomic E-state index is 12.7. The summed E-state index contributed by atoms with van der Waals surface area (Å²) in [6.07, 6.45) is 4.11. The Balaban J connectivity index is 1.84. The molecule has 4 N–H and O–H groups in total. The van der Waals surface area contributed by atoms with Crippen LogP contribution < -0.4 is 16.1 Å². The molecule has 0 heterocycles. The minimum Gasteiger partial charge on any atom is -0.325 e. The molecule has 156 valence electrons. The SMILES string of the molecule is O=C(CCCCC[C@H](NCCc1ccc(Br)cc1)C(=O)Nc1ccccc1)NO. The Kier molecular flexibility index (Phi) is 10.4. The first-order valence-corrected chi connectivity index (χ1v) is 10.6. The maximum Gasteiger partial charge on any atom is 0.243 e. The van der Waals surface area contributed by atoms with E-state index in [0.29, 0.717) is 19.4 Å². The van der Waals surface area contributed by atoms with Gasteiger partial charge in [0.15, 0.2) is 0 Å². The summed E-state index contributed by atoms with van der Waals surface area (Å²) >= 11 is 3.43. The first kappa shape index (κ1) is 23.1. The van der Waals surface area contributed by atoms with E-state index in [4.69, 9.17) is 5.21 Å². The zero-order valence-electron chi connectivity index (χ0n) is 16.4. The molecule has 0 radical (unpaired) electrons. The number of anilines is 1. The highest BCUT2D eigenvalue weighted by Gasteiger charge is 2.17. The van der Waals surface area contributed by atoms with Gasteiger partial charge in [0, 0.05) is 16.6 Å². The highest BCUT2D eigenvalue weighted by molar-refractivity contribution is 9.10. The molecule has 0 aliphatic rings.